The number of amides is 2. The van der Waals surface area contributed by atoms with Gasteiger partial charge in [0.15, 0.2) is 0 Å². The highest BCUT2D eigenvalue weighted by molar-refractivity contribution is 5.95. The zero-order valence-electron chi connectivity index (χ0n) is 16.3. The van der Waals surface area contributed by atoms with E-state index in [1.54, 1.807) is 0 Å². The number of rotatable bonds is 4. The van der Waals surface area contributed by atoms with Gasteiger partial charge in [-0.15, -0.1) is 0 Å². The monoisotopic (exact) mass is 357 g/mol. The van der Waals surface area contributed by atoms with Gasteiger partial charge in [0.1, 0.15) is 0 Å². The molecule has 5 nitrogen and oxygen atoms in total. The van der Waals surface area contributed by atoms with E-state index in [0.29, 0.717) is 6.42 Å². The summed E-state index contributed by atoms with van der Waals surface area (Å²) >= 11 is 0. The first-order valence-corrected chi connectivity index (χ1v) is 9.68. The predicted octanol–water partition coefficient (Wildman–Crippen LogP) is 2.40. The van der Waals surface area contributed by atoms with E-state index in [1.165, 1.54) is 0 Å². The van der Waals surface area contributed by atoms with Crippen molar-refractivity contribution in [3.63, 3.8) is 0 Å². The lowest BCUT2D eigenvalue weighted by Crippen LogP contribution is -2.53. The number of carbonyl (C=O) groups is 2. The molecule has 2 heterocycles. The van der Waals surface area contributed by atoms with Crippen LogP contribution in [0.4, 0.5) is 0 Å². The standard InChI is InChI=1S/C21H31N3O2/c1-17-6-4-5-7-18(17)20(26)23-12-10-21(11-13-23)9-8-19(25)24(16-21)15-14-22(2)3/h4-7H,8-16H2,1-3H3. The van der Waals surface area contributed by atoms with Crippen molar-refractivity contribution in [1.82, 2.24) is 14.7 Å². The minimum atomic E-state index is 0.147. The highest BCUT2D eigenvalue weighted by Crippen LogP contribution is 2.40. The third kappa shape index (κ3) is 4.09. The molecule has 1 aromatic carbocycles. The Bertz CT molecular complexity index is 663. The van der Waals surface area contributed by atoms with Gasteiger partial charge >= 0.3 is 0 Å². The zero-order valence-corrected chi connectivity index (χ0v) is 16.3. The molecule has 0 aliphatic carbocycles. The van der Waals surface area contributed by atoms with Gasteiger partial charge in [-0.25, -0.2) is 0 Å². The van der Waals surface area contributed by atoms with Crippen LogP contribution in [0.2, 0.25) is 0 Å². The number of piperidine rings is 2. The maximum absolute atomic E-state index is 12.8. The summed E-state index contributed by atoms with van der Waals surface area (Å²) in [7, 11) is 4.08. The fraction of sp³-hybridized carbons (Fsp3) is 0.619. The first-order chi connectivity index (χ1) is 12.4. The van der Waals surface area contributed by atoms with Crippen molar-refractivity contribution < 1.29 is 9.59 Å². The summed E-state index contributed by atoms with van der Waals surface area (Å²) < 4.78 is 0. The van der Waals surface area contributed by atoms with Gasteiger partial charge in [-0.05, 0) is 57.3 Å². The lowest BCUT2D eigenvalue weighted by atomic mass is 9.72. The first-order valence-electron chi connectivity index (χ1n) is 9.68. The second-order valence-corrected chi connectivity index (χ2v) is 8.23. The van der Waals surface area contributed by atoms with E-state index in [4.69, 9.17) is 0 Å². The summed E-state index contributed by atoms with van der Waals surface area (Å²) in [5.74, 6) is 0.435. The third-order valence-corrected chi connectivity index (χ3v) is 6.05. The molecule has 2 aliphatic heterocycles. The van der Waals surface area contributed by atoms with Gasteiger partial charge in [-0.3, -0.25) is 9.59 Å². The Morgan fingerprint density at radius 3 is 2.50 bits per heavy atom. The average Bonchev–Trinajstić information content (AvgIpc) is 2.63. The highest BCUT2D eigenvalue weighted by atomic mass is 16.2. The second-order valence-electron chi connectivity index (χ2n) is 8.23. The summed E-state index contributed by atoms with van der Waals surface area (Å²) in [4.78, 5) is 31.3. The van der Waals surface area contributed by atoms with Crippen LogP contribution < -0.4 is 0 Å². The highest BCUT2D eigenvalue weighted by Gasteiger charge is 2.41. The lowest BCUT2D eigenvalue weighted by molar-refractivity contribution is -0.139. The van der Waals surface area contributed by atoms with Gasteiger partial charge in [0.05, 0.1) is 0 Å². The van der Waals surface area contributed by atoms with Crippen molar-refractivity contribution in [1.29, 1.82) is 0 Å². The quantitative estimate of drug-likeness (QED) is 0.831. The van der Waals surface area contributed by atoms with Gasteiger partial charge in [-0.2, -0.15) is 0 Å². The molecule has 1 spiro atoms. The number of hydrogen-bond acceptors (Lipinski definition) is 3. The molecule has 0 unspecified atom stereocenters. The summed E-state index contributed by atoms with van der Waals surface area (Å²) in [6, 6.07) is 7.82. The Morgan fingerprint density at radius 2 is 1.85 bits per heavy atom. The van der Waals surface area contributed by atoms with Gasteiger partial charge < -0.3 is 14.7 Å². The van der Waals surface area contributed by atoms with Crippen molar-refractivity contribution in [3.05, 3.63) is 35.4 Å². The van der Waals surface area contributed by atoms with E-state index >= 15 is 0 Å². The summed E-state index contributed by atoms with van der Waals surface area (Å²) in [5.41, 5.74) is 2.05. The fourth-order valence-electron chi connectivity index (χ4n) is 4.20. The van der Waals surface area contributed by atoms with Crippen molar-refractivity contribution in [2.45, 2.75) is 32.6 Å². The van der Waals surface area contributed by atoms with Crippen LogP contribution in [0.3, 0.4) is 0 Å². The van der Waals surface area contributed by atoms with Crippen molar-refractivity contribution >= 4 is 11.8 Å². The number of carbonyl (C=O) groups excluding carboxylic acids is 2. The molecule has 1 aromatic rings. The van der Waals surface area contributed by atoms with Crippen LogP contribution in [0.5, 0.6) is 0 Å². The molecule has 26 heavy (non-hydrogen) atoms. The average molecular weight is 357 g/mol. The minimum Gasteiger partial charge on any atom is -0.341 e. The van der Waals surface area contributed by atoms with Gasteiger partial charge in [-0.1, -0.05) is 18.2 Å². The summed E-state index contributed by atoms with van der Waals surface area (Å²) in [6.07, 6.45) is 3.61. The number of hydrogen-bond donors (Lipinski definition) is 0. The number of likely N-dealkylation sites (tertiary alicyclic amines) is 2. The van der Waals surface area contributed by atoms with Crippen molar-refractivity contribution in [2.24, 2.45) is 5.41 Å². The van der Waals surface area contributed by atoms with Gasteiger partial charge in [0.2, 0.25) is 5.91 Å². The van der Waals surface area contributed by atoms with Gasteiger partial charge in [0, 0.05) is 44.7 Å². The SMILES string of the molecule is Cc1ccccc1C(=O)N1CCC2(CCC(=O)N(CCN(C)C)C2)CC1. The topological polar surface area (TPSA) is 43.9 Å². The largest absolute Gasteiger partial charge is 0.341 e. The molecule has 0 N–H and O–H groups in total. The van der Waals surface area contributed by atoms with Crippen molar-refractivity contribution in [2.75, 3.05) is 46.8 Å². The third-order valence-electron chi connectivity index (χ3n) is 6.05. The molecule has 0 atom stereocenters. The Morgan fingerprint density at radius 1 is 1.15 bits per heavy atom. The smallest absolute Gasteiger partial charge is 0.254 e. The predicted molar refractivity (Wildman–Crippen MR) is 103 cm³/mol. The molecule has 5 heteroatoms. The maximum Gasteiger partial charge on any atom is 0.254 e. The number of nitrogens with zero attached hydrogens (tertiary/aromatic N) is 3. The van der Waals surface area contributed by atoms with Crippen LogP contribution in [0.25, 0.3) is 0 Å². The Kier molecular flexibility index (Phi) is 5.66. The van der Waals surface area contributed by atoms with Crippen LogP contribution in [-0.2, 0) is 4.79 Å². The Balaban J connectivity index is 1.61. The molecular formula is C21H31N3O2. The molecule has 2 aliphatic rings. The van der Waals surface area contributed by atoms with Crippen LogP contribution >= 0.6 is 0 Å². The summed E-state index contributed by atoms with van der Waals surface area (Å²) in [5, 5.41) is 0. The Hall–Kier alpha value is -1.88. The van der Waals surface area contributed by atoms with Crippen molar-refractivity contribution in [3.8, 4) is 0 Å². The van der Waals surface area contributed by atoms with E-state index in [1.807, 2.05) is 55.1 Å². The minimum absolute atomic E-state index is 0.147. The summed E-state index contributed by atoms with van der Waals surface area (Å²) in [6.45, 7) is 6.14. The molecule has 0 aromatic heterocycles. The van der Waals surface area contributed by atoms with E-state index in [2.05, 4.69) is 4.90 Å². The van der Waals surface area contributed by atoms with Crippen LogP contribution in [0.15, 0.2) is 24.3 Å². The number of benzene rings is 1. The van der Waals surface area contributed by atoms with Gasteiger partial charge in [0.25, 0.3) is 5.91 Å². The maximum atomic E-state index is 12.8. The molecule has 2 amide bonds. The first kappa shape index (κ1) is 18.9. The Labute approximate surface area is 156 Å². The second kappa shape index (κ2) is 7.78. The molecule has 2 saturated heterocycles. The molecule has 2 fully saturated rings. The molecule has 142 valence electrons. The normalized spacial score (nSPS) is 20.1. The molecule has 0 bridgehead atoms. The fourth-order valence-corrected chi connectivity index (χ4v) is 4.20. The van der Waals surface area contributed by atoms with E-state index < -0.39 is 0 Å². The van der Waals surface area contributed by atoms with E-state index in [-0.39, 0.29) is 17.2 Å². The molecule has 0 radical (unpaired) electrons. The van der Waals surface area contributed by atoms with Crippen LogP contribution in [0, 0.1) is 12.3 Å². The molecular weight excluding hydrogens is 326 g/mol. The molecule has 3 rings (SSSR count). The number of aryl methyl sites for hydroxylation is 1. The van der Waals surface area contributed by atoms with E-state index in [9.17, 15) is 9.59 Å². The van der Waals surface area contributed by atoms with Crippen LogP contribution in [0.1, 0.15) is 41.6 Å². The number of likely N-dealkylation sites (N-methyl/N-ethyl adjacent to an activating group) is 1. The van der Waals surface area contributed by atoms with E-state index in [0.717, 1.165) is 63.1 Å². The zero-order chi connectivity index (χ0) is 18.7. The van der Waals surface area contributed by atoms with Crippen LogP contribution in [-0.4, -0.2) is 73.3 Å². The lowest BCUT2D eigenvalue weighted by Gasteiger charge is -2.47. The molecule has 0 saturated carbocycles.